The molecular formula is C21H19N7O. The Hall–Kier alpha value is -3.94. The van der Waals surface area contributed by atoms with Crippen molar-refractivity contribution in [3.05, 3.63) is 83.6 Å². The van der Waals surface area contributed by atoms with Gasteiger partial charge in [0, 0.05) is 11.3 Å². The van der Waals surface area contributed by atoms with Crippen LogP contribution in [0.3, 0.4) is 0 Å². The minimum absolute atomic E-state index is 0.221. The van der Waals surface area contributed by atoms with Crippen LogP contribution in [-0.4, -0.2) is 36.1 Å². The largest absolute Gasteiger partial charge is 0.345 e. The van der Waals surface area contributed by atoms with Gasteiger partial charge < -0.3 is 5.32 Å². The topological polar surface area (TPSA) is 98.5 Å². The van der Waals surface area contributed by atoms with Crippen molar-refractivity contribution in [2.45, 2.75) is 20.4 Å². The van der Waals surface area contributed by atoms with Crippen molar-refractivity contribution in [1.82, 2.24) is 35.5 Å². The zero-order chi connectivity index (χ0) is 20.2. The lowest BCUT2D eigenvalue weighted by Gasteiger charge is -2.05. The molecule has 144 valence electrons. The number of hydrogen-bond acceptors (Lipinski definition) is 6. The average molecular weight is 385 g/mol. The maximum atomic E-state index is 12.4. The summed E-state index contributed by atoms with van der Waals surface area (Å²) in [4.78, 5) is 16.8. The second-order valence-corrected chi connectivity index (χ2v) is 6.56. The Morgan fingerprint density at radius 2 is 1.79 bits per heavy atom. The summed E-state index contributed by atoms with van der Waals surface area (Å²) in [5.41, 5.74) is 5.17. The van der Waals surface area contributed by atoms with Crippen LogP contribution >= 0.6 is 0 Å². The second-order valence-electron chi connectivity index (χ2n) is 6.56. The van der Waals surface area contributed by atoms with E-state index in [9.17, 15) is 4.79 Å². The fourth-order valence-electron chi connectivity index (χ4n) is 2.89. The van der Waals surface area contributed by atoms with Crippen molar-refractivity contribution in [1.29, 1.82) is 0 Å². The van der Waals surface area contributed by atoms with E-state index in [1.807, 2.05) is 68.4 Å². The second kappa shape index (κ2) is 7.97. The van der Waals surface area contributed by atoms with Crippen LogP contribution in [0, 0.1) is 13.8 Å². The van der Waals surface area contributed by atoms with E-state index in [2.05, 4.69) is 30.8 Å². The maximum Gasteiger partial charge on any atom is 0.273 e. The molecule has 0 spiro atoms. The van der Waals surface area contributed by atoms with Gasteiger partial charge in [-0.15, -0.1) is 5.10 Å². The van der Waals surface area contributed by atoms with Gasteiger partial charge in [-0.25, -0.2) is 4.68 Å². The number of carbonyl (C=O) groups is 1. The van der Waals surface area contributed by atoms with Gasteiger partial charge in [0.25, 0.3) is 5.91 Å². The van der Waals surface area contributed by atoms with Gasteiger partial charge in [0.2, 0.25) is 0 Å². The predicted molar refractivity (Wildman–Crippen MR) is 107 cm³/mol. The van der Waals surface area contributed by atoms with E-state index in [1.54, 1.807) is 10.9 Å². The van der Waals surface area contributed by atoms with Crippen LogP contribution in [0.1, 0.15) is 27.6 Å². The maximum absolute atomic E-state index is 12.4. The highest BCUT2D eigenvalue weighted by Gasteiger charge is 2.13. The lowest BCUT2D eigenvalue weighted by atomic mass is 10.1. The Morgan fingerprint density at radius 1 is 0.966 bits per heavy atom. The van der Waals surface area contributed by atoms with Crippen LogP contribution < -0.4 is 5.32 Å². The molecule has 3 heterocycles. The molecule has 0 bridgehead atoms. The molecule has 3 aromatic heterocycles. The number of pyridine rings is 1. The van der Waals surface area contributed by atoms with Crippen molar-refractivity contribution in [3.63, 3.8) is 0 Å². The normalized spacial score (nSPS) is 10.7. The molecule has 0 radical (unpaired) electrons. The molecule has 0 atom stereocenters. The summed E-state index contributed by atoms with van der Waals surface area (Å²) in [6.45, 7) is 4.06. The zero-order valence-electron chi connectivity index (χ0n) is 16.1. The molecule has 8 nitrogen and oxygen atoms in total. The van der Waals surface area contributed by atoms with Crippen LogP contribution in [-0.2, 0) is 6.54 Å². The molecule has 0 aliphatic rings. The Kier molecular flexibility index (Phi) is 5.07. The molecule has 8 heteroatoms. The molecule has 1 N–H and O–H groups in total. The van der Waals surface area contributed by atoms with Gasteiger partial charge in [-0.2, -0.15) is 10.2 Å². The monoisotopic (exact) mass is 385 g/mol. The molecule has 0 fully saturated rings. The molecule has 0 aliphatic heterocycles. The fourth-order valence-corrected chi connectivity index (χ4v) is 2.89. The molecule has 4 rings (SSSR count). The molecule has 0 unspecified atom stereocenters. The van der Waals surface area contributed by atoms with Crippen LogP contribution in [0.2, 0.25) is 0 Å². The third kappa shape index (κ3) is 4.16. The highest BCUT2D eigenvalue weighted by atomic mass is 16.2. The quantitative estimate of drug-likeness (QED) is 0.567. The standard InChI is InChI=1S/C21H19N7O/c1-14-8-11-20(15(2)23-14)28-13-19(26-27-28)21(29)22-12-17-9-10-18(25-24-17)16-6-4-3-5-7-16/h3-11,13H,12H2,1-2H3,(H,22,29). The summed E-state index contributed by atoms with van der Waals surface area (Å²) in [6.07, 6.45) is 1.58. The Bertz CT molecular complexity index is 1140. The number of aromatic nitrogens is 6. The molecule has 0 saturated carbocycles. The van der Waals surface area contributed by atoms with Crippen molar-refractivity contribution < 1.29 is 4.79 Å². The summed E-state index contributed by atoms with van der Waals surface area (Å²) in [5, 5.41) is 19.2. The van der Waals surface area contributed by atoms with Gasteiger partial charge in [-0.1, -0.05) is 35.5 Å². The lowest BCUT2D eigenvalue weighted by molar-refractivity contribution is 0.0945. The summed E-state index contributed by atoms with van der Waals surface area (Å²) < 4.78 is 1.55. The number of nitrogens with one attached hydrogen (secondary N) is 1. The summed E-state index contributed by atoms with van der Waals surface area (Å²) in [6, 6.07) is 17.3. The van der Waals surface area contributed by atoms with Crippen molar-refractivity contribution in [2.24, 2.45) is 0 Å². The minimum atomic E-state index is -0.331. The first-order valence-electron chi connectivity index (χ1n) is 9.13. The fraction of sp³-hybridized carbons (Fsp3) is 0.143. The van der Waals surface area contributed by atoms with E-state index in [0.29, 0.717) is 5.69 Å². The number of amides is 1. The number of aryl methyl sites for hydroxylation is 2. The minimum Gasteiger partial charge on any atom is -0.345 e. The highest BCUT2D eigenvalue weighted by Crippen LogP contribution is 2.15. The summed E-state index contributed by atoms with van der Waals surface area (Å²) in [7, 11) is 0. The van der Waals surface area contributed by atoms with E-state index in [1.165, 1.54) is 0 Å². The number of hydrogen-bond donors (Lipinski definition) is 1. The van der Waals surface area contributed by atoms with Crippen LogP contribution in [0.15, 0.2) is 60.8 Å². The van der Waals surface area contributed by atoms with Crippen molar-refractivity contribution >= 4 is 5.91 Å². The van der Waals surface area contributed by atoms with E-state index in [4.69, 9.17) is 0 Å². The lowest BCUT2D eigenvalue weighted by Crippen LogP contribution is -2.23. The number of nitrogens with zero attached hydrogens (tertiary/aromatic N) is 6. The van der Waals surface area contributed by atoms with Gasteiger partial charge in [0.15, 0.2) is 5.69 Å². The third-order valence-electron chi connectivity index (χ3n) is 4.39. The van der Waals surface area contributed by atoms with Crippen LogP contribution in [0.25, 0.3) is 16.9 Å². The van der Waals surface area contributed by atoms with E-state index < -0.39 is 0 Å². The third-order valence-corrected chi connectivity index (χ3v) is 4.39. The van der Waals surface area contributed by atoms with E-state index >= 15 is 0 Å². The molecule has 29 heavy (non-hydrogen) atoms. The number of benzene rings is 1. The van der Waals surface area contributed by atoms with Crippen molar-refractivity contribution in [2.75, 3.05) is 0 Å². The van der Waals surface area contributed by atoms with Crippen LogP contribution in [0.4, 0.5) is 0 Å². The molecule has 0 saturated heterocycles. The Morgan fingerprint density at radius 3 is 2.52 bits per heavy atom. The first kappa shape index (κ1) is 18.4. The summed E-state index contributed by atoms with van der Waals surface area (Å²) >= 11 is 0. The highest BCUT2D eigenvalue weighted by molar-refractivity contribution is 5.91. The van der Waals surface area contributed by atoms with Gasteiger partial charge in [-0.05, 0) is 38.1 Å². The smallest absolute Gasteiger partial charge is 0.273 e. The number of carbonyl (C=O) groups excluding carboxylic acids is 1. The van der Waals surface area contributed by atoms with Crippen LogP contribution in [0.5, 0.6) is 0 Å². The van der Waals surface area contributed by atoms with Gasteiger partial charge in [0.1, 0.15) is 0 Å². The Balaban J connectivity index is 1.41. The molecule has 1 aromatic carbocycles. The Labute approximate surface area is 167 Å². The van der Waals surface area contributed by atoms with Gasteiger partial charge >= 0.3 is 0 Å². The average Bonchev–Trinajstić information content (AvgIpc) is 3.23. The van der Waals surface area contributed by atoms with E-state index in [-0.39, 0.29) is 18.1 Å². The zero-order valence-corrected chi connectivity index (χ0v) is 16.1. The van der Waals surface area contributed by atoms with Gasteiger partial charge in [0.05, 0.1) is 35.5 Å². The summed E-state index contributed by atoms with van der Waals surface area (Å²) in [5.74, 6) is -0.331. The SMILES string of the molecule is Cc1ccc(-n2cc(C(=O)NCc3ccc(-c4ccccc4)nn3)nn2)c(C)n1. The number of rotatable bonds is 5. The molecule has 0 aliphatic carbocycles. The molecule has 1 amide bonds. The molecule has 4 aromatic rings. The first-order chi connectivity index (χ1) is 14.1. The first-order valence-corrected chi connectivity index (χ1v) is 9.13. The van der Waals surface area contributed by atoms with Gasteiger partial charge in [-0.3, -0.25) is 9.78 Å². The van der Waals surface area contributed by atoms with E-state index in [0.717, 1.165) is 28.3 Å². The predicted octanol–water partition coefficient (Wildman–Crippen LogP) is 2.67. The van der Waals surface area contributed by atoms with Crippen molar-refractivity contribution in [3.8, 4) is 16.9 Å². The molecular weight excluding hydrogens is 366 g/mol.